The van der Waals surface area contributed by atoms with E-state index in [1.165, 1.54) is 48.5 Å². The number of carbonyl (C=O) groups excluding carboxylic acids is 1. The lowest BCUT2D eigenvalue weighted by molar-refractivity contribution is -0.119. The number of amides is 1. The van der Waals surface area contributed by atoms with Crippen LogP contribution >= 0.6 is 0 Å². The fraction of sp³-hybridized carbons (Fsp3) is 0.159. The van der Waals surface area contributed by atoms with Crippen LogP contribution in [0.2, 0.25) is 0 Å². The fourth-order valence-corrected chi connectivity index (χ4v) is 7.30. The molecule has 56 heavy (non-hydrogen) atoms. The maximum Gasteiger partial charge on any atom is 0.217 e. The van der Waals surface area contributed by atoms with E-state index in [1.54, 1.807) is 18.3 Å². The molecule has 0 saturated carbocycles. The van der Waals surface area contributed by atoms with Crippen molar-refractivity contribution in [2.24, 2.45) is 9.98 Å². The van der Waals surface area contributed by atoms with Crippen LogP contribution in [0.5, 0.6) is 11.8 Å². The summed E-state index contributed by atoms with van der Waals surface area (Å²) in [6.45, 7) is 5.04. The zero-order valence-corrected chi connectivity index (χ0v) is 30.5. The smallest absolute Gasteiger partial charge is 0.217 e. The SMILES string of the molecule is CC(=O)NC1CCN(c2ccc(N=Cc3c(O)[nH]c4ccc(F)cc34)cc2)C1.Oc1[nH]c2ccc(F)cc2c1C=Nc1ccc(N2Cc3ccccc3C2)cc1. The van der Waals surface area contributed by atoms with Crippen LogP contribution in [0.1, 0.15) is 35.6 Å². The summed E-state index contributed by atoms with van der Waals surface area (Å²) in [5.74, 6) is -0.777. The molecule has 1 fully saturated rings. The number of nitrogens with zero attached hydrogens (tertiary/aromatic N) is 4. The minimum Gasteiger partial charge on any atom is -0.494 e. The second-order valence-electron chi connectivity index (χ2n) is 14.0. The van der Waals surface area contributed by atoms with E-state index >= 15 is 0 Å². The van der Waals surface area contributed by atoms with Gasteiger partial charge in [0, 0.05) is 84.8 Å². The molecule has 2 aromatic heterocycles. The molecule has 4 heterocycles. The van der Waals surface area contributed by atoms with Gasteiger partial charge in [-0.3, -0.25) is 14.8 Å². The van der Waals surface area contributed by atoms with E-state index in [0.717, 1.165) is 55.3 Å². The number of nitrogens with one attached hydrogen (secondary N) is 3. The molecule has 0 radical (unpaired) electrons. The van der Waals surface area contributed by atoms with Gasteiger partial charge >= 0.3 is 0 Å². The Labute approximate surface area is 321 Å². The number of carbonyl (C=O) groups is 1. The van der Waals surface area contributed by atoms with Crippen molar-refractivity contribution < 1.29 is 23.8 Å². The number of aromatic nitrogens is 2. The minimum absolute atomic E-state index is 0.00282. The Hall–Kier alpha value is -6.95. The summed E-state index contributed by atoms with van der Waals surface area (Å²) in [6, 6.07) is 33.1. The van der Waals surface area contributed by atoms with Gasteiger partial charge in [0.2, 0.25) is 5.91 Å². The highest BCUT2D eigenvalue weighted by molar-refractivity contribution is 6.03. The third-order valence-electron chi connectivity index (χ3n) is 10.1. The molecule has 0 spiro atoms. The van der Waals surface area contributed by atoms with E-state index in [2.05, 4.69) is 59.3 Å². The molecule has 5 aromatic carbocycles. The quantitative estimate of drug-likeness (QED) is 0.104. The van der Waals surface area contributed by atoms with Crippen molar-refractivity contribution in [3.63, 3.8) is 0 Å². The van der Waals surface area contributed by atoms with Crippen molar-refractivity contribution in [1.29, 1.82) is 0 Å². The molecule has 2 aliphatic heterocycles. The highest BCUT2D eigenvalue weighted by atomic mass is 19.1. The van der Waals surface area contributed by atoms with Crippen molar-refractivity contribution in [1.82, 2.24) is 15.3 Å². The Bertz CT molecular complexity index is 2570. The van der Waals surface area contributed by atoms with Gasteiger partial charge in [-0.25, -0.2) is 8.78 Å². The number of H-pyrrole nitrogens is 2. The monoisotopic (exact) mass is 751 g/mol. The van der Waals surface area contributed by atoms with Gasteiger partial charge < -0.3 is 35.3 Å². The number of rotatable bonds is 7. The zero-order chi connectivity index (χ0) is 38.8. The van der Waals surface area contributed by atoms with E-state index in [-0.39, 0.29) is 35.3 Å². The Balaban J connectivity index is 0.000000157. The van der Waals surface area contributed by atoms with E-state index in [9.17, 15) is 23.8 Å². The maximum absolute atomic E-state index is 13.5. The van der Waals surface area contributed by atoms with Gasteiger partial charge in [-0.05, 0) is 102 Å². The Kier molecular flexibility index (Phi) is 9.93. The summed E-state index contributed by atoms with van der Waals surface area (Å²) in [4.78, 5) is 30.3. The third kappa shape index (κ3) is 7.81. The largest absolute Gasteiger partial charge is 0.494 e. The normalized spacial score (nSPS) is 15.2. The standard InChI is InChI=1S/C23H18FN3O.C21H21FN4O2/c24-17-5-10-22-20(11-17)21(23(28)26-22)12-25-18-6-8-19(9-7-18)27-13-15-3-1-2-4-16(15)14-27;1-13(27)24-16-8-9-26(12-16)17-5-3-15(4-6-17)23-11-19-18-10-14(22)2-7-20(18)25-21(19)28/h1-12,26,28H,13-14H2;2-7,10-11,16,25,28H,8-9,12H2,1H3,(H,24,27). The molecular formula is C44H39F2N7O3. The van der Waals surface area contributed by atoms with E-state index < -0.39 is 0 Å². The summed E-state index contributed by atoms with van der Waals surface area (Å²) < 4.78 is 27.0. The zero-order valence-electron chi connectivity index (χ0n) is 30.5. The van der Waals surface area contributed by atoms with Crippen molar-refractivity contribution in [3.05, 3.63) is 143 Å². The predicted octanol–water partition coefficient (Wildman–Crippen LogP) is 8.76. The number of halogens is 2. The molecule has 1 amide bonds. The summed E-state index contributed by atoms with van der Waals surface area (Å²) in [6.07, 6.45) is 4.02. The number of aliphatic imine (C=N–C) groups is 2. The minimum atomic E-state index is -0.367. The molecule has 10 nitrogen and oxygen atoms in total. The first-order valence-electron chi connectivity index (χ1n) is 18.3. The van der Waals surface area contributed by atoms with Crippen LogP contribution in [0, 0.1) is 11.6 Å². The molecular weight excluding hydrogens is 713 g/mol. The average Bonchev–Trinajstić information content (AvgIpc) is 3.98. The number of aromatic amines is 2. The molecule has 7 aromatic rings. The summed E-state index contributed by atoms with van der Waals surface area (Å²) in [5.41, 5.74) is 8.71. The second kappa shape index (κ2) is 15.4. The summed E-state index contributed by atoms with van der Waals surface area (Å²) >= 11 is 0. The van der Waals surface area contributed by atoms with Gasteiger partial charge in [0.1, 0.15) is 11.6 Å². The lowest BCUT2D eigenvalue weighted by atomic mass is 10.1. The van der Waals surface area contributed by atoms with E-state index in [4.69, 9.17) is 0 Å². The molecule has 2 aliphatic rings. The molecule has 5 N–H and O–H groups in total. The summed E-state index contributed by atoms with van der Waals surface area (Å²) in [5, 5.41) is 24.3. The van der Waals surface area contributed by atoms with Gasteiger partial charge in [0.15, 0.2) is 11.8 Å². The lowest BCUT2D eigenvalue weighted by Gasteiger charge is -2.18. The molecule has 0 aliphatic carbocycles. The van der Waals surface area contributed by atoms with Gasteiger partial charge in [-0.15, -0.1) is 0 Å². The molecule has 0 bridgehead atoms. The van der Waals surface area contributed by atoms with Crippen molar-refractivity contribution >= 4 is 62.9 Å². The van der Waals surface area contributed by atoms with Crippen molar-refractivity contribution in [3.8, 4) is 11.8 Å². The van der Waals surface area contributed by atoms with Crippen LogP contribution in [0.15, 0.2) is 119 Å². The predicted molar refractivity (Wildman–Crippen MR) is 218 cm³/mol. The lowest BCUT2D eigenvalue weighted by Crippen LogP contribution is -2.35. The van der Waals surface area contributed by atoms with Crippen LogP contribution < -0.4 is 15.1 Å². The van der Waals surface area contributed by atoms with Crippen molar-refractivity contribution in [2.75, 3.05) is 22.9 Å². The van der Waals surface area contributed by atoms with Crippen LogP contribution in [-0.4, -0.2) is 57.6 Å². The first kappa shape index (κ1) is 36.0. The van der Waals surface area contributed by atoms with E-state index in [0.29, 0.717) is 32.9 Å². The van der Waals surface area contributed by atoms with Gasteiger partial charge in [0.25, 0.3) is 0 Å². The number of fused-ring (bicyclic) bond motifs is 3. The Morgan fingerprint density at radius 1 is 0.714 bits per heavy atom. The van der Waals surface area contributed by atoms with Crippen LogP contribution in [0.4, 0.5) is 31.5 Å². The molecule has 12 heteroatoms. The number of hydrogen-bond acceptors (Lipinski definition) is 7. The highest BCUT2D eigenvalue weighted by Crippen LogP contribution is 2.31. The second-order valence-corrected chi connectivity index (χ2v) is 14.0. The van der Waals surface area contributed by atoms with Crippen LogP contribution in [0.25, 0.3) is 21.8 Å². The number of aromatic hydroxyl groups is 2. The topological polar surface area (TPSA) is 132 Å². The summed E-state index contributed by atoms with van der Waals surface area (Å²) in [7, 11) is 0. The van der Waals surface area contributed by atoms with Crippen molar-refractivity contribution in [2.45, 2.75) is 32.5 Å². The third-order valence-corrected chi connectivity index (χ3v) is 10.1. The Morgan fingerprint density at radius 2 is 1.20 bits per heavy atom. The number of hydrogen-bond donors (Lipinski definition) is 5. The van der Waals surface area contributed by atoms with Crippen LogP contribution in [0.3, 0.4) is 0 Å². The first-order valence-corrected chi connectivity index (χ1v) is 18.3. The van der Waals surface area contributed by atoms with Gasteiger partial charge in [-0.1, -0.05) is 24.3 Å². The molecule has 1 atom stereocenters. The van der Waals surface area contributed by atoms with Gasteiger partial charge in [0.05, 0.1) is 22.5 Å². The highest BCUT2D eigenvalue weighted by Gasteiger charge is 2.23. The fourth-order valence-electron chi connectivity index (χ4n) is 7.30. The van der Waals surface area contributed by atoms with Gasteiger partial charge in [-0.2, -0.15) is 0 Å². The molecule has 1 unspecified atom stereocenters. The molecule has 1 saturated heterocycles. The first-order chi connectivity index (χ1) is 27.2. The maximum atomic E-state index is 13.5. The van der Waals surface area contributed by atoms with E-state index in [1.807, 2.05) is 48.5 Å². The number of anilines is 2. The number of benzene rings is 5. The Morgan fingerprint density at radius 3 is 1.68 bits per heavy atom. The molecule has 282 valence electrons. The molecule has 9 rings (SSSR count). The van der Waals surface area contributed by atoms with Crippen LogP contribution in [-0.2, 0) is 17.9 Å². The average molecular weight is 752 g/mol.